The highest BCUT2D eigenvalue weighted by Crippen LogP contribution is 2.26. The van der Waals surface area contributed by atoms with Gasteiger partial charge in [-0.25, -0.2) is 0 Å². The maximum Gasteiger partial charge on any atom is 0.0551 e. The molecular weight excluding hydrogens is 242 g/mol. The second kappa shape index (κ2) is 5.80. The quantitative estimate of drug-likeness (QED) is 0.885. The van der Waals surface area contributed by atoms with E-state index in [1.807, 2.05) is 0 Å². The first-order chi connectivity index (χ1) is 9.78. The Bertz CT molecular complexity index is 583. The van der Waals surface area contributed by atoms with Crippen LogP contribution in [0, 0.1) is 0 Å². The summed E-state index contributed by atoms with van der Waals surface area (Å²) in [4.78, 5) is 0. The van der Waals surface area contributed by atoms with Gasteiger partial charge < -0.3 is 5.73 Å². The molecule has 2 N–H and O–H groups in total. The second-order valence-corrected chi connectivity index (χ2v) is 5.81. The Morgan fingerprint density at radius 2 is 1.55 bits per heavy atom. The summed E-state index contributed by atoms with van der Waals surface area (Å²) in [6.07, 6.45) is 6.17. The smallest absolute Gasteiger partial charge is 0.0551 e. The maximum absolute atomic E-state index is 6.44. The zero-order chi connectivity index (χ0) is 13.9. The van der Waals surface area contributed by atoms with Crippen LogP contribution >= 0.6 is 0 Å². The van der Waals surface area contributed by atoms with Crippen LogP contribution in [0.15, 0.2) is 42.5 Å². The topological polar surface area (TPSA) is 26.0 Å². The van der Waals surface area contributed by atoms with E-state index in [9.17, 15) is 0 Å². The molecule has 0 fully saturated rings. The van der Waals surface area contributed by atoms with Gasteiger partial charge in [0.05, 0.1) is 6.04 Å². The van der Waals surface area contributed by atoms with Gasteiger partial charge in [0, 0.05) is 0 Å². The number of hydrogen-bond donors (Lipinski definition) is 1. The molecule has 0 radical (unpaired) electrons. The summed E-state index contributed by atoms with van der Waals surface area (Å²) in [7, 11) is 0. The molecule has 0 saturated carbocycles. The molecule has 0 amide bonds. The van der Waals surface area contributed by atoms with Crippen LogP contribution in [0.3, 0.4) is 0 Å². The van der Waals surface area contributed by atoms with Crippen LogP contribution in [0.25, 0.3) is 0 Å². The van der Waals surface area contributed by atoms with Gasteiger partial charge in [0.15, 0.2) is 0 Å². The monoisotopic (exact) mass is 265 g/mol. The van der Waals surface area contributed by atoms with Crippen molar-refractivity contribution in [3.63, 3.8) is 0 Å². The summed E-state index contributed by atoms with van der Waals surface area (Å²) >= 11 is 0. The van der Waals surface area contributed by atoms with Crippen LogP contribution in [0.5, 0.6) is 0 Å². The molecule has 1 heteroatoms. The first-order valence-electron chi connectivity index (χ1n) is 7.74. The molecule has 0 spiro atoms. The van der Waals surface area contributed by atoms with Crippen LogP contribution < -0.4 is 5.73 Å². The fraction of sp³-hybridized carbons (Fsp3) is 0.368. The third-order valence-corrected chi connectivity index (χ3v) is 4.48. The molecule has 1 unspecified atom stereocenters. The van der Waals surface area contributed by atoms with Crippen molar-refractivity contribution in [1.29, 1.82) is 0 Å². The molecule has 0 heterocycles. The maximum atomic E-state index is 6.44. The molecule has 0 bridgehead atoms. The van der Waals surface area contributed by atoms with Gasteiger partial charge in [0.1, 0.15) is 0 Å². The van der Waals surface area contributed by atoms with Gasteiger partial charge >= 0.3 is 0 Å². The lowest BCUT2D eigenvalue weighted by atomic mass is 9.88. The summed E-state index contributed by atoms with van der Waals surface area (Å²) in [5.41, 5.74) is 13.3. The molecule has 3 rings (SSSR count). The van der Waals surface area contributed by atoms with E-state index in [1.165, 1.54) is 53.5 Å². The van der Waals surface area contributed by atoms with E-state index in [0.717, 1.165) is 6.42 Å². The fourth-order valence-corrected chi connectivity index (χ4v) is 3.10. The van der Waals surface area contributed by atoms with E-state index in [2.05, 4.69) is 49.4 Å². The molecule has 2 aromatic carbocycles. The Labute approximate surface area is 121 Å². The lowest BCUT2D eigenvalue weighted by Gasteiger charge is -2.19. The summed E-state index contributed by atoms with van der Waals surface area (Å²) in [6, 6.07) is 15.5. The van der Waals surface area contributed by atoms with Gasteiger partial charge in [-0.05, 0) is 59.9 Å². The first-order valence-corrected chi connectivity index (χ1v) is 7.74. The van der Waals surface area contributed by atoms with Crippen molar-refractivity contribution in [3.05, 3.63) is 70.3 Å². The number of rotatable bonds is 3. The van der Waals surface area contributed by atoms with Crippen LogP contribution in [0.2, 0.25) is 0 Å². The molecule has 0 saturated heterocycles. The van der Waals surface area contributed by atoms with E-state index >= 15 is 0 Å². The average molecular weight is 265 g/mol. The van der Waals surface area contributed by atoms with Crippen molar-refractivity contribution in [2.24, 2.45) is 5.73 Å². The second-order valence-electron chi connectivity index (χ2n) is 5.81. The SMILES string of the molecule is CCc1ccc(C(N)c2ccc3c(c2)CCCC3)cc1. The molecule has 0 aliphatic heterocycles. The zero-order valence-corrected chi connectivity index (χ0v) is 12.2. The molecule has 104 valence electrons. The zero-order valence-electron chi connectivity index (χ0n) is 12.2. The highest BCUT2D eigenvalue weighted by molar-refractivity contribution is 5.39. The number of aryl methyl sites for hydroxylation is 3. The van der Waals surface area contributed by atoms with Crippen molar-refractivity contribution >= 4 is 0 Å². The number of nitrogens with two attached hydrogens (primary N) is 1. The van der Waals surface area contributed by atoms with Gasteiger partial charge in [-0.3, -0.25) is 0 Å². The van der Waals surface area contributed by atoms with Gasteiger partial charge in [-0.2, -0.15) is 0 Å². The molecule has 2 aromatic rings. The van der Waals surface area contributed by atoms with E-state index in [4.69, 9.17) is 5.73 Å². The standard InChI is InChI=1S/C19H23N/c1-2-14-7-9-16(10-8-14)19(20)18-12-11-15-5-3-4-6-17(15)13-18/h7-13,19H,2-6,20H2,1H3. The first kappa shape index (κ1) is 13.4. The summed E-state index contributed by atoms with van der Waals surface area (Å²) < 4.78 is 0. The molecule has 20 heavy (non-hydrogen) atoms. The highest BCUT2D eigenvalue weighted by atomic mass is 14.6. The summed E-state index contributed by atoms with van der Waals surface area (Å²) in [6.45, 7) is 2.18. The van der Waals surface area contributed by atoms with Crippen LogP contribution in [-0.2, 0) is 19.3 Å². The minimum atomic E-state index is -0.00636. The van der Waals surface area contributed by atoms with Crippen LogP contribution in [-0.4, -0.2) is 0 Å². The summed E-state index contributed by atoms with van der Waals surface area (Å²) in [5.74, 6) is 0. The van der Waals surface area contributed by atoms with Crippen molar-refractivity contribution < 1.29 is 0 Å². The molecule has 0 aromatic heterocycles. The van der Waals surface area contributed by atoms with E-state index < -0.39 is 0 Å². The van der Waals surface area contributed by atoms with Gasteiger partial charge in [0.2, 0.25) is 0 Å². The third kappa shape index (κ3) is 2.64. The normalized spacial score (nSPS) is 15.7. The molecule has 1 aliphatic carbocycles. The van der Waals surface area contributed by atoms with E-state index in [1.54, 1.807) is 0 Å². The number of benzene rings is 2. The lowest BCUT2D eigenvalue weighted by Crippen LogP contribution is -2.13. The summed E-state index contributed by atoms with van der Waals surface area (Å²) in [5, 5.41) is 0. The van der Waals surface area contributed by atoms with E-state index in [0.29, 0.717) is 0 Å². The average Bonchev–Trinajstić information content (AvgIpc) is 2.54. The minimum absolute atomic E-state index is 0.00636. The fourth-order valence-electron chi connectivity index (χ4n) is 3.10. The number of hydrogen-bond acceptors (Lipinski definition) is 1. The molecule has 1 aliphatic rings. The van der Waals surface area contributed by atoms with Gasteiger partial charge in [0.25, 0.3) is 0 Å². The van der Waals surface area contributed by atoms with Crippen LogP contribution in [0.1, 0.15) is 53.6 Å². The van der Waals surface area contributed by atoms with Crippen LogP contribution in [0.4, 0.5) is 0 Å². The Morgan fingerprint density at radius 3 is 2.25 bits per heavy atom. The highest BCUT2D eigenvalue weighted by Gasteiger charge is 2.13. The Hall–Kier alpha value is -1.60. The lowest BCUT2D eigenvalue weighted by molar-refractivity contribution is 0.682. The third-order valence-electron chi connectivity index (χ3n) is 4.48. The Morgan fingerprint density at radius 1 is 0.900 bits per heavy atom. The van der Waals surface area contributed by atoms with E-state index in [-0.39, 0.29) is 6.04 Å². The largest absolute Gasteiger partial charge is 0.320 e. The predicted octanol–water partition coefficient (Wildman–Crippen LogP) is 4.18. The molecule has 1 atom stereocenters. The molecular formula is C19H23N. The van der Waals surface area contributed by atoms with Crippen molar-refractivity contribution in [3.8, 4) is 0 Å². The number of fused-ring (bicyclic) bond motifs is 1. The van der Waals surface area contributed by atoms with Crippen molar-refractivity contribution in [1.82, 2.24) is 0 Å². The van der Waals surface area contributed by atoms with Gasteiger partial charge in [-0.15, -0.1) is 0 Å². The molecule has 1 nitrogen and oxygen atoms in total. The van der Waals surface area contributed by atoms with Crippen molar-refractivity contribution in [2.45, 2.75) is 45.1 Å². The van der Waals surface area contributed by atoms with Crippen molar-refractivity contribution in [2.75, 3.05) is 0 Å². The van der Waals surface area contributed by atoms with Gasteiger partial charge in [-0.1, -0.05) is 49.4 Å². The Kier molecular flexibility index (Phi) is 3.88. The Balaban J connectivity index is 1.87. The predicted molar refractivity (Wildman–Crippen MR) is 84.9 cm³/mol. The minimum Gasteiger partial charge on any atom is -0.320 e.